The minimum absolute atomic E-state index is 0.732. The Bertz CT molecular complexity index is 476. The molecule has 0 saturated heterocycles. The van der Waals surface area contributed by atoms with E-state index in [1.54, 1.807) is 0 Å². The summed E-state index contributed by atoms with van der Waals surface area (Å²) >= 11 is 3.46. The van der Waals surface area contributed by atoms with Gasteiger partial charge in [-0.2, -0.15) is 5.10 Å². The third-order valence-electron chi connectivity index (χ3n) is 2.55. The number of aromatic nitrogens is 2. The summed E-state index contributed by atoms with van der Waals surface area (Å²) in [6.45, 7) is 0.732. The summed E-state index contributed by atoms with van der Waals surface area (Å²) in [5.41, 5.74) is 8.06. The smallest absolute Gasteiger partial charge is 0.135 e. The molecular formula is C11H14BrN3. The first-order valence-electron chi connectivity index (χ1n) is 5.04. The minimum Gasteiger partial charge on any atom is -0.330 e. The topological polar surface area (TPSA) is 43.8 Å². The molecule has 0 radical (unpaired) electrons. The summed E-state index contributed by atoms with van der Waals surface area (Å²) in [6, 6.07) is 6.30. The van der Waals surface area contributed by atoms with E-state index in [0.29, 0.717) is 0 Å². The maximum Gasteiger partial charge on any atom is 0.135 e. The lowest BCUT2D eigenvalue weighted by atomic mass is 10.1. The Morgan fingerprint density at radius 1 is 1.47 bits per heavy atom. The fourth-order valence-electron chi connectivity index (χ4n) is 1.87. The second kappa shape index (κ2) is 4.33. The molecule has 0 saturated carbocycles. The van der Waals surface area contributed by atoms with Gasteiger partial charge in [0.05, 0.1) is 5.52 Å². The van der Waals surface area contributed by atoms with Crippen LogP contribution in [0.5, 0.6) is 0 Å². The van der Waals surface area contributed by atoms with Gasteiger partial charge in [0.1, 0.15) is 4.60 Å². The minimum atomic E-state index is 0.732. The van der Waals surface area contributed by atoms with Gasteiger partial charge in [-0.1, -0.05) is 18.2 Å². The van der Waals surface area contributed by atoms with E-state index in [1.807, 2.05) is 11.7 Å². The van der Waals surface area contributed by atoms with Crippen LogP contribution in [0.4, 0.5) is 0 Å². The third kappa shape index (κ3) is 1.92. The lowest BCUT2D eigenvalue weighted by molar-refractivity contribution is 0.774. The van der Waals surface area contributed by atoms with Crippen LogP contribution in [0.15, 0.2) is 22.8 Å². The van der Waals surface area contributed by atoms with E-state index in [-0.39, 0.29) is 0 Å². The van der Waals surface area contributed by atoms with E-state index < -0.39 is 0 Å². The molecule has 0 aliphatic rings. The van der Waals surface area contributed by atoms with Crippen molar-refractivity contribution < 1.29 is 0 Å². The number of hydrogen-bond donors (Lipinski definition) is 1. The normalized spacial score (nSPS) is 11.1. The summed E-state index contributed by atoms with van der Waals surface area (Å²) in [5.74, 6) is 0. The molecule has 0 bridgehead atoms. The predicted octanol–water partition coefficient (Wildman–Crippen LogP) is 2.23. The number of nitrogens with zero attached hydrogens (tertiary/aromatic N) is 2. The van der Waals surface area contributed by atoms with Crippen molar-refractivity contribution in [1.82, 2.24) is 9.78 Å². The number of rotatable bonds is 3. The SMILES string of the molecule is Cn1nc(Br)c2cccc(CCCN)c21. The number of halogens is 1. The van der Waals surface area contributed by atoms with Crippen LogP contribution in [0.1, 0.15) is 12.0 Å². The fraction of sp³-hybridized carbons (Fsp3) is 0.364. The average molecular weight is 268 g/mol. The summed E-state index contributed by atoms with van der Waals surface area (Å²) in [4.78, 5) is 0. The summed E-state index contributed by atoms with van der Waals surface area (Å²) in [7, 11) is 1.97. The van der Waals surface area contributed by atoms with Crippen LogP contribution < -0.4 is 5.73 Å². The number of benzene rings is 1. The standard InChI is InChI=1S/C11H14BrN3/c1-15-10-8(5-3-7-13)4-2-6-9(10)11(12)14-15/h2,4,6H,3,5,7,13H2,1H3. The van der Waals surface area contributed by atoms with E-state index in [0.717, 1.165) is 24.0 Å². The molecule has 0 unspecified atom stereocenters. The van der Waals surface area contributed by atoms with Crippen molar-refractivity contribution in [2.75, 3.05) is 6.54 Å². The Hall–Kier alpha value is -0.870. The van der Waals surface area contributed by atoms with Gasteiger partial charge < -0.3 is 5.73 Å². The van der Waals surface area contributed by atoms with E-state index in [4.69, 9.17) is 5.73 Å². The molecule has 0 aliphatic carbocycles. The lowest BCUT2D eigenvalue weighted by Crippen LogP contribution is -2.01. The molecule has 0 aliphatic heterocycles. The molecule has 2 rings (SSSR count). The van der Waals surface area contributed by atoms with Gasteiger partial charge in [-0.3, -0.25) is 4.68 Å². The van der Waals surface area contributed by atoms with Gasteiger partial charge in [0.2, 0.25) is 0 Å². The zero-order chi connectivity index (χ0) is 10.8. The number of aryl methyl sites for hydroxylation is 2. The van der Waals surface area contributed by atoms with Crippen LogP contribution in [-0.4, -0.2) is 16.3 Å². The van der Waals surface area contributed by atoms with Crippen molar-refractivity contribution in [2.24, 2.45) is 12.8 Å². The van der Waals surface area contributed by atoms with Gasteiger partial charge in [0, 0.05) is 12.4 Å². The molecule has 0 spiro atoms. The zero-order valence-electron chi connectivity index (χ0n) is 8.70. The van der Waals surface area contributed by atoms with Gasteiger partial charge in [0.15, 0.2) is 0 Å². The molecule has 1 heterocycles. The van der Waals surface area contributed by atoms with Crippen molar-refractivity contribution >= 4 is 26.8 Å². The van der Waals surface area contributed by atoms with Crippen molar-refractivity contribution in [3.05, 3.63) is 28.4 Å². The number of hydrogen-bond acceptors (Lipinski definition) is 2. The van der Waals surface area contributed by atoms with Crippen molar-refractivity contribution in [1.29, 1.82) is 0 Å². The van der Waals surface area contributed by atoms with Gasteiger partial charge >= 0.3 is 0 Å². The fourth-order valence-corrected chi connectivity index (χ4v) is 2.43. The van der Waals surface area contributed by atoms with Crippen LogP contribution in [0, 0.1) is 0 Å². The predicted molar refractivity (Wildman–Crippen MR) is 65.8 cm³/mol. The van der Waals surface area contributed by atoms with Crippen molar-refractivity contribution in [3.8, 4) is 0 Å². The lowest BCUT2D eigenvalue weighted by Gasteiger charge is -2.03. The molecule has 0 amide bonds. The van der Waals surface area contributed by atoms with E-state index in [2.05, 4.69) is 39.2 Å². The average Bonchev–Trinajstić information content (AvgIpc) is 2.53. The second-order valence-electron chi connectivity index (χ2n) is 3.62. The van der Waals surface area contributed by atoms with E-state index in [1.165, 1.54) is 16.5 Å². The Balaban J connectivity index is 2.54. The maximum absolute atomic E-state index is 5.53. The highest BCUT2D eigenvalue weighted by molar-refractivity contribution is 9.10. The Kier molecular flexibility index (Phi) is 3.07. The van der Waals surface area contributed by atoms with Gasteiger partial charge in [-0.15, -0.1) is 0 Å². The Labute approximate surface area is 97.4 Å². The Morgan fingerprint density at radius 3 is 3.00 bits per heavy atom. The molecule has 4 heteroatoms. The highest BCUT2D eigenvalue weighted by Crippen LogP contribution is 2.25. The highest BCUT2D eigenvalue weighted by atomic mass is 79.9. The number of para-hydroxylation sites is 1. The largest absolute Gasteiger partial charge is 0.330 e. The molecule has 80 valence electrons. The Morgan fingerprint density at radius 2 is 2.27 bits per heavy atom. The van der Waals surface area contributed by atoms with Crippen LogP contribution in [0.3, 0.4) is 0 Å². The number of fused-ring (bicyclic) bond motifs is 1. The third-order valence-corrected chi connectivity index (χ3v) is 3.14. The molecule has 2 N–H and O–H groups in total. The molecule has 3 nitrogen and oxygen atoms in total. The number of nitrogens with two attached hydrogens (primary N) is 1. The first-order chi connectivity index (χ1) is 7.24. The zero-order valence-corrected chi connectivity index (χ0v) is 10.3. The summed E-state index contributed by atoms with van der Waals surface area (Å²) < 4.78 is 2.83. The molecule has 1 aromatic heterocycles. The first-order valence-corrected chi connectivity index (χ1v) is 5.83. The first kappa shape index (κ1) is 10.6. The van der Waals surface area contributed by atoms with Gasteiger partial charge in [0.25, 0.3) is 0 Å². The summed E-state index contributed by atoms with van der Waals surface area (Å²) in [6.07, 6.45) is 2.03. The molecular weight excluding hydrogens is 254 g/mol. The van der Waals surface area contributed by atoms with Crippen LogP contribution in [-0.2, 0) is 13.5 Å². The van der Waals surface area contributed by atoms with E-state index in [9.17, 15) is 0 Å². The molecule has 15 heavy (non-hydrogen) atoms. The molecule has 0 fully saturated rings. The van der Waals surface area contributed by atoms with Crippen molar-refractivity contribution in [2.45, 2.75) is 12.8 Å². The van der Waals surface area contributed by atoms with Crippen LogP contribution in [0.25, 0.3) is 10.9 Å². The molecule has 2 aromatic rings. The quantitative estimate of drug-likeness (QED) is 0.927. The second-order valence-corrected chi connectivity index (χ2v) is 4.37. The van der Waals surface area contributed by atoms with Crippen LogP contribution >= 0.6 is 15.9 Å². The van der Waals surface area contributed by atoms with E-state index >= 15 is 0 Å². The highest BCUT2D eigenvalue weighted by Gasteiger charge is 2.09. The van der Waals surface area contributed by atoms with Gasteiger partial charge in [-0.25, -0.2) is 0 Å². The monoisotopic (exact) mass is 267 g/mol. The maximum atomic E-state index is 5.53. The van der Waals surface area contributed by atoms with Crippen LogP contribution in [0.2, 0.25) is 0 Å². The molecule has 1 aromatic carbocycles. The van der Waals surface area contributed by atoms with Crippen molar-refractivity contribution in [3.63, 3.8) is 0 Å². The summed E-state index contributed by atoms with van der Waals surface area (Å²) in [5, 5.41) is 5.53. The molecule has 0 atom stereocenters. The van der Waals surface area contributed by atoms with Gasteiger partial charge in [-0.05, 0) is 40.9 Å².